The zero-order valence-electron chi connectivity index (χ0n) is 13.4. The number of thiophene rings is 1. The number of nitrogens with zero attached hydrogens (tertiary/aromatic N) is 1. The molecule has 0 aliphatic carbocycles. The molecule has 1 amide bonds. The molecule has 0 radical (unpaired) electrons. The molecule has 0 saturated carbocycles. The zero-order chi connectivity index (χ0) is 16.5. The van der Waals surface area contributed by atoms with Crippen LogP contribution in [0.5, 0.6) is 0 Å². The number of fused-ring (bicyclic) bond motifs is 1. The maximum Gasteiger partial charge on any atom is 0.261 e. The van der Waals surface area contributed by atoms with Crippen LogP contribution in [0.2, 0.25) is 0 Å². The third-order valence-corrected chi connectivity index (χ3v) is 5.29. The minimum atomic E-state index is -0.0622. The highest BCUT2D eigenvalue weighted by Crippen LogP contribution is 2.38. The van der Waals surface area contributed by atoms with Crippen molar-refractivity contribution < 1.29 is 9.21 Å². The number of rotatable bonds is 4. The summed E-state index contributed by atoms with van der Waals surface area (Å²) in [5.41, 5.74) is 2.61. The quantitative estimate of drug-likeness (QED) is 0.772. The summed E-state index contributed by atoms with van der Waals surface area (Å²) in [6.07, 6.45) is 1.05. The van der Waals surface area contributed by atoms with Crippen LogP contribution in [0.1, 0.15) is 26.8 Å². The Morgan fingerprint density at radius 1 is 1.21 bits per heavy atom. The highest BCUT2D eigenvalue weighted by Gasteiger charge is 2.22. The van der Waals surface area contributed by atoms with Crippen LogP contribution in [-0.4, -0.2) is 12.5 Å². The van der Waals surface area contributed by atoms with Gasteiger partial charge < -0.3 is 14.6 Å². The summed E-state index contributed by atoms with van der Waals surface area (Å²) < 4.78 is 5.48. The second-order valence-electron chi connectivity index (χ2n) is 5.86. The average molecular weight is 338 g/mol. The molecule has 2 aromatic heterocycles. The Labute approximate surface area is 144 Å². The molecule has 0 bridgehead atoms. The third-order valence-electron chi connectivity index (χ3n) is 4.19. The maximum absolute atomic E-state index is 12.3. The summed E-state index contributed by atoms with van der Waals surface area (Å²) in [4.78, 5) is 15.3. The van der Waals surface area contributed by atoms with E-state index in [4.69, 9.17) is 4.42 Å². The van der Waals surface area contributed by atoms with E-state index in [9.17, 15) is 4.79 Å². The van der Waals surface area contributed by atoms with E-state index in [2.05, 4.69) is 34.5 Å². The SMILES string of the molecule is Cc1ccc(CNC(=O)c2ccc(N3CCc4ccccc43)s2)o1. The van der Waals surface area contributed by atoms with Crippen LogP contribution >= 0.6 is 11.3 Å². The molecule has 122 valence electrons. The van der Waals surface area contributed by atoms with E-state index >= 15 is 0 Å². The highest BCUT2D eigenvalue weighted by molar-refractivity contribution is 7.18. The summed E-state index contributed by atoms with van der Waals surface area (Å²) in [7, 11) is 0. The predicted octanol–water partition coefficient (Wildman–Crippen LogP) is 4.27. The molecule has 4 nitrogen and oxygen atoms in total. The molecule has 0 unspecified atom stereocenters. The molecule has 3 aromatic rings. The Morgan fingerprint density at radius 2 is 2.08 bits per heavy atom. The molecule has 24 heavy (non-hydrogen) atoms. The molecular formula is C19H18N2O2S. The summed E-state index contributed by atoms with van der Waals surface area (Å²) in [6.45, 7) is 3.27. The van der Waals surface area contributed by atoms with Crippen LogP contribution in [0.3, 0.4) is 0 Å². The summed E-state index contributed by atoms with van der Waals surface area (Å²) in [6, 6.07) is 16.1. The molecule has 3 heterocycles. The Bertz CT molecular complexity index is 881. The lowest BCUT2D eigenvalue weighted by molar-refractivity contribution is 0.0952. The lowest BCUT2D eigenvalue weighted by Crippen LogP contribution is -2.21. The van der Waals surface area contributed by atoms with E-state index in [0.717, 1.165) is 34.4 Å². The minimum absolute atomic E-state index is 0.0622. The molecule has 1 aliphatic heterocycles. The van der Waals surface area contributed by atoms with Crippen molar-refractivity contribution >= 4 is 27.9 Å². The van der Waals surface area contributed by atoms with Gasteiger partial charge in [-0.15, -0.1) is 11.3 Å². The van der Waals surface area contributed by atoms with Crippen molar-refractivity contribution in [3.63, 3.8) is 0 Å². The van der Waals surface area contributed by atoms with Crippen LogP contribution < -0.4 is 10.2 Å². The number of carbonyl (C=O) groups is 1. The fraction of sp³-hybridized carbons (Fsp3) is 0.211. The van der Waals surface area contributed by atoms with Gasteiger partial charge in [0.25, 0.3) is 5.91 Å². The first-order chi connectivity index (χ1) is 11.7. The van der Waals surface area contributed by atoms with E-state index in [-0.39, 0.29) is 5.91 Å². The van der Waals surface area contributed by atoms with Crippen molar-refractivity contribution in [1.82, 2.24) is 5.32 Å². The number of hydrogen-bond donors (Lipinski definition) is 1. The average Bonchev–Trinajstić information content (AvgIpc) is 3.31. The van der Waals surface area contributed by atoms with Gasteiger partial charge in [-0.25, -0.2) is 0 Å². The van der Waals surface area contributed by atoms with E-state index < -0.39 is 0 Å². The van der Waals surface area contributed by atoms with Crippen molar-refractivity contribution in [2.45, 2.75) is 19.9 Å². The monoisotopic (exact) mass is 338 g/mol. The van der Waals surface area contributed by atoms with Gasteiger partial charge >= 0.3 is 0 Å². The third kappa shape index (κ3) is 2.83. The first-order valence-electron chi connectivity index (χ1n) is 7.99. The predicted molar refractivity (Wildman–Crippen MR) is 96.1 cm³/mol. The Kier molecular flexibility index (Phi) is 3.86. The van der Waals surface area contributed by atoms with E-state index in [0.29, 0.717) is 6.54 Å². The molecular weight excluding hydrogens is 320 g/mol. The smallest absolute Gasteiger partial charge is 0.261 e. The number of furan rings is 1. The van der Waals surface area contributed by atoms with Gasteiger partial charge in [-0.3, -0.25) is 4.79 Å². The Balaban J connectivity index is 1.46. The number of nitrogens with one attached hydrogen (secondary N) is 1. The van der Waals surface area contributed by atoms with Gasteiger partial charge in [-0.1, -0.05) is 18.2 Å². The van der Waals surface area contributed by atoms with Crippen LogP contribution in [0.25, 0.3) is 0 Å². The fourth-order valence-electron chi connectivity index (χ4n) is 3.00. The van der Waals surface area contributed by atoms with Crippen molar-refractivity contribution in [1.29, 1.82) is 0 Å². The Hall–Kier alpha value is -2.53. The number of benzene rings is 1. The number of anilines is 2. The number of amides is 1. The van der Waals surface area contributed by atoms with Crippen LogP contribution in [0, 0.1) is 6.92 Å². The van der Waals surface area contributed by atoms with Gasteiger partial charge in [0, 0.05) is 12.2 Å². The molecule has 0 fully saturated rings. The first-order valence-corrected chi connectivity index (χ1v) is 8.81. The summed E-state index contributed by atoms with van der Waals surface area (Å²) >= 11 is 1.53. The lowest BCUT2D eigenvalue weighted by Gasteiger charge is -2.16. The number of hydrogen-bond acceptors (Lipinski definition) is 4. The van der Waals surface area contributed by atoms with Crippen LogP contribution in [0.4, 0.5) is 10.7 Å². The highest BCUT2D eigenvalue weighted by atomic mass is 32.1. The van der Waals surface area contributed by atoms with Gasteiger partial charge in [-0.05, 0) is 49.2 Å². The molecule has 0 spiro atoms. The molecule has 1 N–H and O–H groups in total. The van der Waals surface area contributed by atoms with Crippen molar-refractivity contribution in [3.05, 3.63) is 70.5 Å². The van der Waals surface area contributed by atoms with E-state index in [1.165, 1.54) is 22.6 Å². The first kappa shape index (κ1) is 15.0. The summed E-state index contributed by atoms with van der Waals surface area (Å²) in [5.74, 6) is 1.56. The second kappa shape index (κ2) is 6.17. The van der Waals surface area contributed by atoms with Gasteiger partial charge in [0.15, 0.2) is 0 Å². The van der Waals surface area contributed by atoms with Crippen LogP contribution in [-0.2, 0) is 13.0 Å². The molecule has 1 aromatic carbocycles. The molecule has 5 heteroatoms. The topological polar surface area (TPSA) is 45.5 Å². The largest absolute Gasteiger partial charge is 0.465 e. The van der Waals surface area contributed by atoms with Gasteiger partial charge in [0.05, 0.1) is 16.4 Å². The normalized spacial score (nSPS) is 13.1. The van der Waals surface area contributed by atoms with Gasteiger partial charge in [0.1, 0.15) is 11.5 Å². The van der Waals surface area contributed by atoms with Crippen molar-refractivity contribution in [3.8, 4) is 0 Å². The molecule has 1 aliphatic rings. The van der Waals surface area contributed by atoms with Gasteiger partial charge in [0.2, 0.25) is 0 Å². The van der Waals surface area contributed by atoms with Gasteiger partial charge in [-0.2, -0.15) is 0 Å². The summed E-state index contributed by atoms with van der Waals surface area (Å²) in [5, 5.41) is 4.02. The van der Waals surface area contributed by atoms with Crippen molar-refractivity contribution in [2.24, 2.45) is 0 Å². The van der Waals surface area contributed by atoms with Crippen LogP contribution in [0.15, 0.2) is 52.9 Å². The fourth-order valence-corrected chi connectivity index (χ4v) is 3.96. The Morgan fingerprint density at radius 3 is 2.92 bits per heavy atom. The number of carbonyl (C=O) groups excluding carboxylic acids is 1. The van der Waals surface area contributed by atoms with Crippen molar-refractivity contribution in [2.75, 3.05) is 11.4 Å². The zero-order valence-corrected chi connectivity index (χ0v) is 14.2. The lowest BCUT2D eigenvalue weighted by atomic mass is 10.2. The standard InChI is InChI=1S/C19H18N2O2S/c1-13-6-7-15(23-13)12-20-19(22)17-8-9-18(24-17)21-11-10-14-4-2-3-5-16(14)21/h2-9H,10-12H2,1H3,(H,20,22). The minimum Gasteiger partial charge on any atom is -0.465 e. The molecule has 0 saturated heterocycles. The number of para-hydroxylation sites is 1. The van der Waals surface area contributed by atoms with E-state index in [1.54, 1.807) is 0 Å². The second-order valence-corrected chi connectivity index (χ2v) is 6.93. The maximum atomic E-state index is 12.3. The van der Waals surface area contributed by atoms with E-state index in [1.807, 2.05) is 31.2 Å². The number of aryl methyl sites for hydroxylation is 1. The molecule has 0 atom stereocenters. The molecule has 4 rings (SSSR count).